The Labute approximate surface area is 128 Å². The van der Waals surface area contributed by atoms with Crippen LogP contribution in [0.5, 0.6) is 0 Å². The summed E-state index contributed by atoms with van der Waals surface area (Å²) in [6.07, 6.45) is 1.27. The molecule has 1 fully saturated rings. The van der Waals surface area contributed by atoms with Gasteiger partial charge in [0.15, 0.2) is 0 Å². The van der Waals surface area contributed by atoms with Crippen LogP contribution in [0.1, 0.15) is 17.5 Å². The maximum absolute atomic E-state index is 2.57. The number of likely N-dealkylation sites (N-methyl/N-ethyl adjacent to an activating group) is 1. The van der Waals surface area contributed by atoms with E-state index in [1.165, 1.54) is 30.6 Å². The maximum Gasteiger partial charge on any atom is 0.0235 e. The van der Waals surface area contributed by atoms with Crippen LogP contribution in [0, 0.1) is 0 Å². The molecule has 0 spiro atoms. The number of rotatable bonds is 5. The zero-order valence-electron chi connectivity index (χ0n) is 12.8. The molecule has 0 aromatic heterocycles. The highest BCUT2D eigenvalue weighted by Gasteiger charge is 2.25. The molecule has 0 N–H and O–H groups in total. The molecule has 3 rings (SSSR count). The van der Waals surface area contributed by atoms with Gasteiger partial charge in [0.05, 0.1) is 0 Å². The van der Waals surface area contributed by atoms with Crippen LogP contribution < -0.4 is 0 Å². The summed E-state index contributed by atoms with van der Waals surface area (Å²) in [5, 5.41) is 0. The molecule has 0 aliphatic carbocycles. The van der Waals surface area contributed by atoms with Gasteiger partial charge in [-0.15, -0.1) is 0 Å². The van der Waals surface area contributed by atoms with Gasteiger partial charge in [-0.25, -0.2) is 0 Å². The summed E-state index contributed by atoms with van der Waals surface area (Å²) >= 11 is 0. The quantitative estimate of drug-likeness (QED) is 0.828. The molecule has 1 aliphatic heterocycles. The van der Waals surface area contributed by atoms with Crippen molar-refractivity contribution in [2.45, 2.75) is 25.6 Å². The zero-order valence-corrected chi connectivity index (χ0v) is 12.8. The Morgan fingerprint density at radius 1 is 0.952 bits per heavy atom. The van der Waals surface area contributed by atoms with Crippen LogP contribution in [0.3, 0.4) is 0 Å². The molecule has 0 bridgehead atoms. The third-order valence-electron chi connectivity index (χ3n) is 4.39. The predicted octanol–water partition coefficient (Wildman–Crippen LogP) is 3.39. The van der Waals surface area contributed by atoms with E-state index in [-0.39, 0.29) is 0 Å². The van der Waals surface area contributed by atoms with E-state index < -0.39 is 0 Å². The Bertz CT molecular complexity index is 538. The first-order valence-corrected chi connectivity index (χ1v) is 7.82. The average molecular weight is 280 g/mol. The first-order valence-electron chi connectivity index (χ1n) is 7.82. The molecule has 2 heteroatoms. The second-order valence-electron chi connectivity index (χ2n) is 6.06. The third-order valence-corrected chi connectivity index (χ3v) is 4.39. The fraction of sp³-hybridized carbons (Fsp3) is 0.368. The molecule has 1 heterocycles. The second kappa shape index (κ2) is 6.88. The van der Waals surface area contributed by atoms with Gasteiger partial charge in [-0.05, 0) is 24.6 Å². The van der Waals surface area contributed by atoms with E-state index >= 15 is 0 Å². The smallest absolute Gasteiger partial charge is 0.0235 e. The van der Waals surface area contributed by atoms with Crippen LogP contribution in [0.15, 0.2) is 60.7 Å². The Hall–Kier alpha value is -1.64. The van der Waals surface area contributed by atoms with Crippen LogP contribution in [0.4, 0.5) is 0 Å². The Morgan fingerprint density at radius 3 is 2.24 bits per heavy atom. The molecule has 1 aliphatic rings. The lowest BCUT2D eigenvalue weighted by Gasteiger charge is -2.25. The summed E-state index contributed by atoms with van der Waals surface area (Å²) < 4.78 is 0. The standard InChI is InChI=1S/C19H24N2/c1-20(14-17-8-4-2-5-9-17)19-12-13-21(16-19)15-18-10-6-3-7-11-18/h2-11,19H,12-16H2,1H3. The minimum Gasteiger partial charge on any atom is -0.298 e. The van der Waals surface area contributed by atoms with Crippen molar-refractivity contribution in [1.82, 2.24) is 9.80 Å². The summed E-state index contributed by atoms with van der Waals surface area (Å²) in [5.74, 6) is 0. The van der Waals surface area contributed by atoms with Crippen molar-refractivity contribution >= 4 is 0 Å². The molecule has 0 radical (unpaired) electrons. The molecule has 0 amide bonds. The second-order valence-corrected chi connectivity index (χ2v) is 6.06. The van der Waals surface area contributed by atoms with Crippen LogP contribution in [0.2, 0.25) is 0 Å². The number of hydrogen-bond acceptors (Lipinski definition) is 2. The molecule has 110 valence electrons. The van der Waals surface area contributed by atoms with Gasteiger partial charge in [-0.3, -0.25) is 9.80 Å². The van der Waals surface area contributed by atoms with E-state index in [1.807, 2.05) is 0 Å². The van der Waals surface area contributed by atoms with E-state index in [0.29, 0.717) is 6.04 Å². The Kier molecular flexibility index (Phi) is 4.69. The van der Waals surface area contributed by atoms with E-state index in [0.717, 1.165) is 13.1 Å². The van der Waals surface area contributed by atoms with Crippen molar-refractivity contribution in [3.63, 3.8) is 0 Å². The third kappa shape index (κ3) is 3.93. The molecule has 2 aromatic carbocycles. The monoisotopic (exact) mass is 280 g/mol. The summed E-state index contributed by atoms with van der Waals surface area (Å²) in [6.45, 7) is 4.51. The van der Waals surface area contributed by atoms with Gasteiger partial charge >= 0.3 is 0 Å². The van der Waals surface area contributed by atoms with Crippen LogP contribution in [0.25, 0.3) is 0 Å². The van der Waals surface area contributed by atoms with Crippen molar-refractivity contribution in [2.75, 3.05) is 20.1 Å². The van der Waals surface area contributed by atoms with E-state index in [1.54, 1.807) is 0 Å². The first-order chi connectivity index (χ1) is 10.3. The molecule has 0 saturated carbocycles. The van der Waals surface area contributed by atoms with Gasteiger partial charge in [0, 0.05) is 32.2 Å². The number of likely N-dealkylation sites (tertiary alicyclic amines) is 1. The average Bonchev–Trinajstić information content (AvgIpc) is 2.98. The topological polar surface area (TPSA) is 6.48 Å². The van der Waals surface area contributed by atoms with Crippen molar-refractivity contribution in [1.29, 1.82) is 0 Å². The van der Waals surface area contributed by atoms with Crippen molar-refractivity contribution < 1.29 is 0 Å². The number of nitrogens with zero attached hydrogens (tertiary/aromatic N) is 2. The van der Waals surface area contributed by atoms with Gasteiger partial charge in [-0.1, -0.05) is 60.7 Å². The lowest BCUT2D eigenvalue weighted by atomic mass is 10.1. The van der Waals surface area contributed by atoms with E-state index in [2.05, 4.69) is 77.5 Å². The first kappa shape index (κ1) is 14.3. The molecular weight excluding hydrogens is 256 g/mol. The highest BCUT2D eigenvalue weighted by molar-refractivity contribution is 5.16. The van der Waals surface area contributed by atoms with Crippen molar-refractivity contribution in [3.8, 4) is 0 Å². The summed E-state index contributed by atoms with van der Waals surface area (Å²) in [6, 6.07) is 22.2. The SMILES string of the molecule is CN(Cc1ccccc1)C1CCN(Cc2ccccc2)C1. The Balaban J connectivity index is 1.52. The van der Waals surface area contributed by atoms with E-state index in [9.17, 15) is 0 Å². The Morgan fingerprint density at radius 2 is 1.57 bits per heavy atom. The van der Waals surface area contributed by atoms with Gasteiger partial charge in [0.25, 0.3) is 0 Å². The molecular formula is C19H24N2. The van der Waals surface area contributed by atoms with Gasteiger partial charge in [0.1, 0.15) is 0 Å². The number of benzene rings is 2. The highest BCUT2D eigenvalue weighted by atomic mass is 15.2. The lowest BCUT2D eigenvalue weighted by Crippen LogP contribution is -2.34. The van der Waals surface area contributed by atoms with Crippen molar-refractivity contribution in [3.05, 3.63) is 71.8 Å². The van der Waals surface area contributed by atoms with Crippen LogP contribution in [-0.4, -0.2) is 36.0 Å². The molecule has 2 aromatic rings. The predicted molar refractivity (Wildman–Crippen MR) is 88.0 cm³/mol. The molecule has 1 saturated heterocycles. The molecule has 1 atom stereocenters. The van der Waals surface area contributed by atoms with Crippen LogP contribution >= 0.6 is 0 Å². The summed E-state index contributed by atoms with van der Waals surface area (Å²) in [5.41, 5.74) is 2.82. The zero-order chi connectivity index (χ0) is 14.5. The van der Waals surface area contributed by atoms with Crippen LogP contribution in [-0.2, 0) is 13.1 Å². The summed E-state index contributed by atoms with van der Waals surface area (Å²) in [7, 11) is 2.25. The van der Waals surface area contributed by atoms with Gasteiger partial charge < -0.3 is 0 Å². The highest BCUT2D eigenvalue weighted by Crippen LogP contribution is 2.18. The molecule has 2 nitrogen and oxygen atoms in total. The molecule has 21 heavy (non-hydrogen) atoms. The minimum absolute atomic E-state index is 0.675. The maximum atomic E-state index is 2.57. The largest absolute Gasteiger partial charge is 0.298 e. The van der Waals surface area contributed by atoms with Gasteiger partial charge in [0.2, 0.25) is 0 Å². The van der Waals surface area contributed by atoms with E-state index in [4.69, 9.17) is 0 Å². The lowest BCUT2D eigenvalue weighted by molar-refractivity contribution is 0.223. The molecule has 1 unspecified atom stereocenters. The fourth-order valence-electron chi connectivity index (χ4n) is 3.16. The normalized spacial score (nSPS) is 19.2. The number of hydrogen-bond donors (Lipinski definition) is 0. The summed E-state index contributed by atoms with van der Waals surface area (Å²) in [4.78, 5) is 5.07. The van der Waals surface area contributed by atoms with Gasteiger partial charge in [-0.2, -0.15) is 0 Å². The van der Waals surface area contributed by atoms with Crippen molar-refractivity contribution in [2.24, 2.45) is 0 Å². The fourth-order valence-corrected chi connectivity index (χ4v) is 3.16. The minimum atomic E-state index is 0.675.